The molecule has 3 nitrogen and oxygen atoms in total. The van der Waals surface area contributed by atoms with Crippen LogP contribution in [-0.4, -0.2) is 22.2 Å². The first-order valence-corrected chi connectivity index (χ1v) is 9.56. The maximum atomic E-state index is 13.3. The van der Waals surface area contributed by atoms with E-state index >= 15 is 0 Å². The van der Waals surface area contributed by atoms with Gasteiger partial charge in [-0.15, -0.1) is 11.8 Å². The second-order valence-corrected chi connectivity index (χ2v) is 7.13. The van der Waals surface area contributed by atoms with Gasteiger partial charge in [-0.3, -0.25) is 4.79 Å². The van der Waals surface area contributed by atoms with E-state index < -0.39 is 24.1 Å². The van der Waals surface area contributed by atoms with Crippen molar-refractivity contribution in [2.24, 2.45) is 0 Å². The van der Waals surface area contributed by atoms with Crippen LogP contribution in [0.15, 0.2) is 58.4 Å². The zero-order chi connectivity index (χ0) is 20.5. The van der Waals surface area contributed by atoms with Gasteiger partial charge < -0.3 is 0 Å². The van der Waals surface area contributed by atoms with Crippen molar-refractivity contribution < 1.29 is 17.6 Å². The highest BCUT2D eigenvalue weighted by atomic mass is 35.5. The van der Waals surface area contributed by atoms with E-state index in [1.807, 2.05) is 12.3 Å². The Morgan fingerprint density at radius 1 is 1.07 bits per heavy atom. The van der Waals surface area contributed by atoms with Crippen LogP contribution in [0, 0.1) is 5.82 Å². The summed E-state index contributed by atoms with van der Waals surface area (Å²) in [6, 6.07) is 11.1. The smallest absolute Gasteiger partial charge is 0.266 e. The van der Waals surface area contributed by atoms with E-state index in [9.17, 15) is 22.4 Å². The molecular formula is C19H13ClF4N2OS. The molecule has 1 aromatic heterocycles. The third-order valence-corrected chi connectivity index (χ3v) is 5.08. The van der Waals surface area contributed by atoms with Gasteiger partial charge in [-0.05, 0) is 47.2 Å². The lowest BCUT2D eigenvalue weighted by Crippen LogP contribution is -2.30. The standard InChI is InChI=1S/C19H13ClF4N2OS/c1-28-13-6-7-14(15(8-13)11-2-4-12(21)5-3-11)16-9-25-26(10-19(22,23)24)18(27)17(16)20/h2-9H,10H2,1H3. The lowest BCUT2D eigenvalue weighted by Gasteiger charge is -2.14. The van der Waals surface area contributed by atoms with E-state index in [1.54, 1.807) is 24.3 Å². The molecule has 9 heteroatoms. The Morgan fingerprint density at radius 2 is 1.75 bits per heavy atom. The third-order valence-electron chi connectivity index (χ3n) is 3.99. The molecule has 3 rings (SSSR count). The molecular weight excluding hydrogens is 416 g/mol. The first-order chi connectivity index (χ1) is 13.2. The molecule has 146 valence electrons. The van der Waals surface area contributed by atoms with Crippen LogP contribution in [0.2, 0.25) is 5.02 Å². The minimum Gasteiger partial charge on any atom is -0.266 e. The number of benzene rings is 2. The predicted molar refractivity (Wildman–Crippen MR) is 102 cm³/mol. The average molecular weight is 429 g/mol. The van der Waals surface area contributed by atoms with Crippen LogP contribution in [0.3, 0.4) is 0 Å². The van der Waals surface area contributed by atoms with Gasteiger partial charge in [0, 0.05) is 10.5 Å². The molecule has 0 spiro atoms. The molecule has 0 atom stereocenters. The van der Waals surface area contributed by atoms with Crippen LogP contribution in [0.1, 0.15) is 0 Å². The van der Waals surface area contributed by atoms with E-state index in [1.165, 1.54) is 23.9 Å². The zero-order valence-corrected chi connectivity index (χ0v) is 16.0. The molecule has 0 saturated heterocycles. The van der Waals surface area contributed by atoms with Gasteiger partial charge in [-0.25, -0.2) is 9.07 Å². The summed E-state index contributed by atoms with van der Waals surface area (Å²) in [7, 11) is 0. The van der Waals surface area contributed by atoms with Crippen LogP contribution in [0.4, 0.5) is 17.6 Å². The Labute approximate surface area is 167 Å². The van der Waals surface area contributed by atoms with Gasteiger partial charge in [-0.1, -0.05) is 29.8 Å². The second-order valence-electron chi connectivity index (χ2n) is 5.87. The normalized spacial score (nSPS) is 11.6. The summed E-state index contributed by atoms with van der Waals surface area (Å²) in [5.74, 6) is -0.402. The van der Waals surface area contributed by atoms with Crippen molar-refractivity contribution in [3.8, 4) is 22.3 Å². The molecule has 0 fully saturated rings. The van der Waals surface area contributed by atoms with Gasteiger partial charge in [0.2, 0.25) is 0 Å². The lowest BCUT2D eigenvalue weighted by molar-refractivity contribution is -0.143. The number of alkyl halides is 3. The molecule has 3 aromatic rings. The van der Waals surface area contributed by atoms with Gasteiger partial charge in [0.25, 0.3) is 5.56 Å². The van der Waals surface area contributed by atoms with Crippen molar-refractivity contribution in [2.45, 2.75) is 17.6 Å². The van der Waals surface area contributed by atoms with Crippen molar-refractivity contribution in [2.75, 3.05) is 6.26 Å². The minimum atomic E-state index is -4.60. The van der Waals surface area contributed by atoms with E-state index in [0.29, 0.717) is 16.7 Å². The summed E-state index contributed by atoms with van der Waals surface area (Å²) in [6.07, 6.45) is -1.58. The Balaban J connectivity index is 2.17. The first-order valence-electron chi connectivity index (χ1n) is 7.96. The van der Waals surface area contributed by atoms with Crippen LogP contribution >= 0.6 is 23.4 Å². The zero-order valence-electron chi connectivity index (χ0n) is 14.4. The number of hydrogen-bond acceptors (Lipinski definition) is 3. The summed E-state index contributed by atoms with van der Waals surface area (Å²) in [5.41, 5.74) is 1.01. The number of thioether (sulfide) groups is 1. The topological polar surface area (TPSA) is 34.9 Å². The van der Waals surface area contributed by atoms with E-state index in [0.717, 1.165) is 11.1 Å². The Morgan fingerprint density at radius 3 is 2.36 bits per heavy atom. The summed E-state index contributed by atoms with van der Waals surface area (Å²) >= 11 is 7.60. The van der Waals surface area contributed by atoms with Gasteiger partial charge in [0.05, 0.1) is 6.20 Å². The second kappa shape index (κ2) is 7.97. The molecule has 2 aromatic carbocycles. The molecule has 0 aliphatic rings. The van der Waals surface area contributed by atoms with Gasteiger partial charge in [0.15, 0.2) is 0 Å². The maximum absolute atomic E-state index is 13.3. The summed E-state index contributed by atoms with van der Waals surface area (Å²) in [6.45, 7) is -1.53. The molecule has 0 amide bonds. The maximum Gasteiger partial charge on any atom is 0.408 e. The number of aromatic nitrogens is 2. The third kappa shape index (κ3) is 4.39. The molecule has 0 bridgehead atoms. The monoisotopic (exact) mass is 428 g/mol. The van der Waals surface area contributed by atoms with Crippen molar-refractivity contribution in [3.63, 3.8) is 0 Å². The van der Waals surface area contributed by atoms with Crippen molar-refractivity contribution in [3.05, 3.63) is 69.9 Å². The van der Waals surface area contributed by atoms with Crippen LogP contribution in [-0.2, 0) is 6.54 Å². The summed E-state index contributed by atoms with van der Waals surface area (Å²) in [5, 5.41) is 3.27. The lowest BCUT2D eigenvalue weighted by atomic mass is 9.95. The summed E-state index contributed by atoms with van der Waals surface area (Å²) in [4.78, 5) is 13.2. The molecule has 0 radical (unpaired) electrons. The number of hydrogen-bond donors (Lipinski definition) is 0. The van der Waals surface area contributed by atoms with E-state index in [-0.39, 0.29) is 15.3 Å². The fraction of sp³-hybridized carbons (Fsp3) is 0.158. The van der Waals surface area contributed by atoms with Crippen molar-refractivity contribution in [1.82, 2.24) is 9.78 Å². The summed E-state index contributed by atoms with van der Waals surface area (Å²) < 4.78 is 51.4. The van der Waals surface area contributed by atoms with Crippen LogP contribution < -0.4 is 5.56 Å². The fourth-order valence-corrected chi connectivity index (χ4v) is 3.38. The first kappa shape index (κ1) is 20.4. The minimum absolute atomic E-state index is 0.206. The van der Waals surface area contributed by atoms with Crippen molar-refractivity contribution in [1.29, 1.82) is 0 Å². The highest BCUT2D eigenvalue weighted by molar-refractivity contribution is 7.98. The highest BCUT2D eigenvalue weighted by Gasteiger charge is 2.30. The highest BCUT2D eigenvalue weighted by Crippen LogP contribution is 2.37. The van der Waals surface area contributed by atoms with E-state index in [4.69, 9.17) is 11.6 Å². The fourth-order valence-electron chi connectivity index (χ4n) is 2.69. The molecule has 1 heterocycles. The Hall–Kier alpha value is -2.32. The van der Waals surface area contributed by atoms with Crippen molar-refractivity contribution >= 4 is 23.4 Å². The molecule has 0 aliphatic carbocycles. The molecule has 0 saturated carbocycles. The Kier molecular flexibility index (Phi) is 5.81. The van der Waals surface area contributed by atoms with Crippen LogP contribution in [0.25, 0.3) is 22.3 Å². The molecule has 0 unspecified atom stereocenters. The molecule has 0 aliphatic heterocycles. The van der Waals surface area contributed by atoms with E-state index in [2.05, 4.69) is 5.10 Å². The van der Waals surface area contributed by atoms with Gasteiger partial charge >= 0.3 is 6.18 Å². The number of nitrogens with zero attached hydrogens (tertiary/aromatic N) is 2. The van der Waals surface area contributed by atoms with Gasteiger partial charge in [0.1, 0.15) is 17.4 Å². The van der Waals surface area contributed by atoms with Crippen LogP contribution in [0.5, 0.6) is 0 Å². The average Bonchev–Trinajstić information content (AvgIpc) is 2.65. The number of halogens is 5. The Bertz CT molecular complexity index is 1070. The van der Waals surface area contributed by atoms with Gasteiger partial charge in [-0.2, -0.15) is 18.3 Å². The SMILES string of the molecule is CSc1ccc(-c2cnn(CC(F)(F)F)c(=O)c2Cl)c(-c2ccc(F)cc2)c1. The molecule has 0 N–H and O–H groups in total. The quantitative estimate of drug-likeness (QED) is 0.397. The largest absolute Gasteiger partial charge is 0.408 e. The molecule has 28 heavy (non-hydrogen) atoms. The number of rotatable bonds is 4. The predicted octanol–water partition coefficient (Wildman–Crippen LogP) is 5.65.